The van der Waals surface area contributed by atoms with Gasteiger partial charge in [0.1, 0.15) is 52.9 Å². The van der Waals surface area contributed by atoms with Crippen molar-refractivity contribution in [3.05, 3.63) is 92.6 Å². The lowest BCUT2D eigenvalue weighted by Gasteiger charge is -2.66. The van der Waals surface area contributed by atoms with Crippen molar-refractivity contribution in [1.29, 1.82) is 0 Å². The Morgan fingerprint density at radius 1 is 0.770 bits per heavy atom. The van der Waals surface area contributed by atoms with Crippen LogP contribution in [0.5, 0.6) is 0 Å². The van der Waals surface area contributed by atoms with Gasteiger partial charge in [-0.25, -0.2) is 4.39 Å². The molecule has 1 aliphatic carbocycles. The lowest BCUT2D eigenvalue weighted by Crippen LogP contribution is -2.82. The molecule has 0 spiro atoms. The second-order valence-corrected chi connectivity index (χ2v) is 16.4. The van der Waals surface area contributed by atoms with E-state index in [0.717, 1.165) is 40.6 Å². The molecule has 1 heterocycles. The molecule has 0 bridgehead atoms. The van der Waals surface area contributed by atoms with Gasteiger partial charge < -0.3 is 14.4 Å². The van der Waals surface area contributed by atoms with Gasteiger partial charge >= 0.3 is 6.18 Å². The highest BCUT2D eigenvalue weighted by molar-refractivity contribution is 7.98. The summed E-state index contributed by atoms with van der Waals surface area (Å²) in [5.74, 6) is -1.73. The van der Waals surface area contributed by atoms with Gasteiger partial charge in [-0.3, -0.25) is 9.59 Å². The number of hydrogen-bond donors (Lipinski definition) is 0. The molecule has 1 amide bonds. The van der Waals surface area contributed by atoms with E-state index in [1.54, 1.807) is 0 Å². The fourth-order valence-electron chi connectivity index (χ4n) is 7.48. The van der Waals surface area contributed by atoms with Crippen LogP contribution in [0, 0.1) is 5.82 Å². The van der Waals surface area contributed by atoms with Crippen LogP contribution in [0.1, 0.15) is 48.2 Å². The Bertz CT molecular complexity index is 2350. The molecule has 3 aromatic carbocycles. The molecule has 0 saturated carbocycles. The SMILES string of the molecule is [B]c1c([B])c(-c2ccc(C(F)(F)F)cc2)c([B])c([B])c1CN(C(=O)C([B])([B])n1c(SCc2ccc(F)cc2)nc(=O)c2c1CCC2)C([B])([B])C([B])([B])N(C([B])([B])C)C([B])([B])C. The Morgan fingerprint density at radius 3 is 1.79 bits per heavy atom. The normalized spacial score (nSPS) is 14.0. The molecule has 0 N–H and O–H groups in total. The maximum absolute atomic E-state index is 15.4. The standard InChI is InChI=1S/C36H24B14F4N4O2S/c1-31(41,42)58(32(2,43)44)36(49,50)35(47,48)56(14-21-24(37)26(39)23(27(40)25(21)38)17-8-10-18(11-9-17)34(52,53)54)29(60)33(45,46)57-22-5-3-4-20(22)28(59)55-30(57)61-15-16-6-12-19(51)13-7-16/h6-13H,3-5,14-15H2,1-2H3. The third kappa shape index (κ3) is 9.44. The minimum Gasteiger partial charge on any atom is -0.349 e. The van der Waals surface area contributed by atoms with Crippen LogP contribution in [0.3, 0.4) is 0 Å². The maximum atomic E-state index is 15.4. The molecule has 4 aromatic rings. The Hall–Kier alpha value is -3.05. The number of thioether (sulfide) groups is 1. The summed E-state index contributed by atoms with van der Waals surface area (Å²) >= 11 is 0.958. The van der Waals surface area contributed by atoms with Crippen LogP contribution in [0.4, 0.5) is 17.6 Å². The van der Waals surface area contributed by atoms with E-state index < -0.39 is 62.3 Å². The van der Waals surface area contributed by atoms with Gasteiger partial charge in [-0.2, -0.15) is 18.2 Å². The van der Waals surface area contributed by atoms with Crippen molar-refractivity contribution in [3.8, 4) is 11.1 Å². The summed E-state index contributed by atoms with van der Waals surface area (Å²) in [7, 11) is 91.9. The van der Waals surface area contributed by atoms with Crippen LogP contribution in [0.2, 0.25) is 0 Å². The van der Waals surface area contributed by atoms with Crippen LogP contribution < -0.4 is 27.4 Å². The van der Waals surface area contributed by atoms with E-state index in [-0.39, 0.29) is 73.5 Å². The molecular weight excluding hydrogens is 780 g/mol. The summed E-state index contributed by atoms with van der Waals surface area (Å²) in [5.41, 5.74) is -1.82. The zero-order valence-corrected chi connectivity index (χ0v) is 34.1. The van der Waals surface area contributed by atoms with Gasteiger partial charge in [-0.1, -0.05) is 82.4 Å². The average Bonchev–Trinajstić information content (AvgIpc) is 3.62. The highest BCUT2D eigenvalue weighted by atomic mass is 32.2. The third-order valence-electron chi connectivity index (χ3n) is 10.4. The first kappa shape index (κ1) is 49.0. The topological polar surface area (TPSA) is 58.4 Å². The predicted octanol–water partition coefficient (Wildman–Crippen LogP) is -2.69. The van der Waals surface area contributed by atoms with E-state index in [2.05, 4.69) is 4.98 Å². The van der Waals surface area contributed by atoms with E-state index in [1.165, 1.54) is 38.1 Å². The molecule has 25 heteroatoms. The number of carbonyl (C=O) groups is 1. The molecule has 0 atom stereocenters. The van der Waals surface area contributed by atoms with E-state index in [9.17, 15) is 22.4 Å². The van der Waals surface area contributed by atoms with Crippen molar-refractivity contribution in [2.45, 2.75) is 83.4 Å². The van der Waals surface area contributed by atoms with Gasteiger partial charge in [0.2, 0.25) is 5.91 Å². The maximum Gasteiger partial charge on any atom is 0.416 e. The minimum absolute atomic E-state index is 0.0379. The van der Waals surface area contributed by atoms with Crippen molar-refractivity contribution in [3.63, 3.8) is 0 Å². The molecule has 276 valence electrons. The Morgan fingerprint density at radius 2 is 1.30 bits per heavy atom. The molecule has 0 fully saturated rings. The third-order valence-corrected chi connectivity index (χ3v) is 11.4. The highest BCUT2D eigenvalue weighted by Crippen LogP contribution is 2.37. The molecule has 5 rings (SSSR count). The lowest BCUT2D eigenvalue weighted by atomic mass is 9.33. The predicted molar refractivity (Wildman–Crippen MR) is 245 cm³/mol. The number of hydrogen-bond acceptors (Lipinski definition) is 5. The van der Waals surface area contributed by atoms with Crippen molar-refractivity contribution in [2.75, 3.05) is 0 Å². The van der Waals surface area contributed by atoms with E-state index in [0.29, 0.717) is 21.8 Å². The first-order chi connectivity index (χ1) is 27.8. The number of aromatic nitrogens is 2. The molecule has 61 heavy (non-hydrogen) atoms. The summed E-state index contributed by atoms with van der Waals surface area (Å²) in [5, 5.41) is -12.9. The number of carbonyl (C=O) groups excluding carboxylic acids is 1. The number of fused-ring (bicyclic) bond motifs is 1. The quantitative estimate of drug-likeness (QED) is 0.0639. The minimum atomic E-state index is -4.65. The Balaban J connectivity index is 1.74. The first-order valence-corrected chi connectivity index (χ1v) is 19.3. The van der Waals surface area contributed by atoms with Gasteiger partial charge in [0.05, 0.1) is 68.3 Å². The molecule has 1 aromatic heterocycles. The summed E-state index contributed by atoms with van der Waals surface area (Å²) < 4.78 is 55.0. The number of amides is 1. The van der Waals surface area contributed by atoms with E-state index in [1.807, 2.05) is 0 Å². The summed E-state index contributed by atoms with van der Waals surface area (Å²) in [6.07, 6.45) is -3.69. The van der Waals surface area contributed by atoms with Crippen molar-refractivity contribution in [2.24, 2.45) is 0 Å². The van der Waals surface area contributed by atoms with E-state index >= 15 is 4.79 Å². The lowest BCUT2D eigenvalue weighted by molar-refractivity contribution is -0.138. The zero-order valence-electron chi connectivity index (χ0n) is 33.3. The molecule has 28 radical (unpaired) electrons. The fraction of sp³-hybridized carbons (Fsp3) is 0.361. The largest absolute Gasteiger partial charge is 0.416 e. The Kier molecular flexibility index (Phi) is 13.8. The van der Waals surface area contributed by atoms with Crippen LogP contribution in [-0.4, -0.2) is 156 Å². The molecular formula is C36H24B14F4N4O2S. The summed E-state index contributed by atoms with van der Waals surface area (Å²) in [6, 6.07) is 9.34. The van der Waals surface area contributed by atoms with Gasteiger partial charge in [0, 0.05) is 28.9 Å². The number of benzene rings is 3. The molecule has 0 saturated heterocycles. The summed E-state index contributed by atoms with van der Waals surface area (Å²) in [4.78, 5) is 34.2. The van der Waals surface area contributed by atoms with Crippen molar-refractivity contribution in [1.82, 2.24) is 19.4 Å². The van der Waals surface area contributed by atoms with Gasteiger partial charge in [0.15, 0.2) is 5.16 Å². The molecule has 6 nitrogen and oxygen atoms in total. The van der Waals surface area contributed by atoms with Crippen LogP contribution in [-0.2, 0) is 41.4 Å². The second kappa shape index (κ2) is 17.2. The van der Waals surface area contributed by atoms with Crippen molar-refractivity contribution >= 4 is 149 Å². The monoisotopic (exact) mass is 806 g/mol. The average molecular weight is 804 g/mol. The fourth-order valence-corrected chi connectivity index (χ4v) is 8.50. The number of halogens is 4. The highest BCUT2D eigenvalue weighted by Gasteiger charge is 2.52. The summed E-state index contributed by atoms with van der Waals surface area (Å²) in [6.45, 7) is 1.52. The van der Waals surface area contributed by atoms with Crippen molar-refractivity contribution < 1.29 is 22.4 Å². The first-order valence-electron chi connectivity index (χ1n) is 18.3. The van der Waals surface area contributed by atoms with Crippen LogP contribution >= 0.6 is 11.8 Å². The van der Waals surface area contributed by atoms with Gasteiger partial charge in [-0.05, 0) is 76.5 Å². The molecule has 0 unspecified atom stereocenters. The van der Waals surface area contributed by atoms with E-state index in [4.69, 9.17) is 110 Å². The zero-order chi connectivity index (χ0) is 46.0. The Labute approximate surface area is 376 Å². The van der Waals surface area contributed by atoms with Gasteiger partial charge in [-0.15, -0.1) is 0 Å². The second-order valence-electron chi connectivity index (χ2n) is 15.5. The smallest absolute Gasteiger partial charge is 0.349 e. The molecule has 1 aliphatic rings. The number of alkyl halides is 3. The number of rotatable bonds is 13. The number of nitrogens with zero attached hydrogens (tertiary/aromatic N) is 4. The van der Waals surface area contributed by atoms with Gasteiger partial charge in [0.25, 0.3) is 5.56 Å². The van der Waals surface area contributed by atoms with Crippen LogP contribution in [0.25, 0.3) is 11.1 Å². The van der Waals surface area contributed by atoms with Crippen LogP contribution in [0.15, 0.2) is 58.5 Å². The molecule has 0 aliphatic heterocycles.